The Balaban J connectivity index is 2.77. The fraction of sp³-hybridized carbons (Fsp3) is 0.700. The molecule has 0 N–H and O–H groups in total. The third-order valence-corrected chi connectivity index (χ3v) is 2.40. The number of rotatable bonds is 2. The Morgan fingerprint density at radius 1 is 1.57 bits per heavy atom. The molecule has 2 amide bonds. The van der Waals surface area contributed by atoms with E-state index in [1.165, 1.54) is 4.90 Å². The lowest BCUT2D eigenvalue weighted by Gasteiger charge is -2.18. The van der Waals surface area contributed by atoms with E-state index in [1.807, 2.05) is 6.07 Å². The summed E-state index contributed by atoms with van der Waals surface area (Å²) in [6.45, 7) is 5.43. The van der Waals surface area contributed by atoms with Gasteiger partial charge >= 0.3 is 0 Å². The van der Waals surface area contributed by atoms with Crippen molar-refractivity contribution < 1.29 is 9.59 Å². The highest BCUT2D eigenvalue weighted by atomic mass is 16.2. The van der Waals surface area contributed by atoms with E-state index in [2.05, 4.69) is 0 Å². The van der Waals surface area contributed by atoms with Gasteiger partial charge in [-0.05, 0) is 6.92 Å². The van der Waals surface area contributed by atoms with Crippen molar-refractivity contribution in [2.75, 3.05) is 6.54 Å². The Kier molecular flexibility index (Phi) is 2.61. The molecule has 0 aromatic carbocycles. The van der Waals surface area contributed by atoms with Gasteiger partial charge in [0.05, 0.1) is 17.4 Å². The molecular formula is C10H14N2O2. The summed E-state index contributed by atoms with van der Waals surface area (Å²) in [5.74, 6) is -0.622. The molecule has 0 bridgehead atoms. The maximum atomic E-state index is 11.7. The summed E-state index contributed by atoms with van der Waals surface area (Å²) < 4.78 is 0. The first-order valence-electron chi connectivity index (χ1n) is 4.63. The molecule has 1 unspecified atom stereocenters. The van der Waals surface area contributed by atoms with E-state index < -0.39 is 5.41 Å². The Hall–Kier alpha value is -1.37. The fourth-order valence-electron chi connectivity index (χ4n) is 1.53. The second-order valence-electron chi connectivity index (χ2n) is 4.40. The van der Waals surface area contributed by atoms with Crippen molar-refractivity contribution in [3.05, 3.63) is 0 Å². The largest absolute Gasteiger partial charge is 0.281 e. The number of hydrogen-bond donors (Lipinski definition) is 0. The third-order valence-electron chi connectivity index (χ3n) is 2.40. The highest BCUT2D eigenvalue weighted by molar-refractivity contribution is 6.05. The average molecular weight is 194 g/mol. The number of hydrogen-bond acceptors (Lipinski definition) is 3. The Labute approximate surface area is 83.5 Å². The van der Waals surface area contributed by atoms with Crippen molar-refractivity contribution >= 4 is 11.8 Å². The van der Waals surface area contributed by atoms with E-state index in [-0.39, 0.29) is 30.7 Å². The zero-order valence-corrected chi connectivity index (χ0v) is 8.70. The van der Waals surface area contributed by atoms with Gasteiger partial charge in [-0.15, -0.1) is 0 Å². The second kappa shape index (κ2) is 3.41. The molecule has 1 heterocycles. The monoisotopic (exact) mass is 194 g/mol. The molecule has 1 aliphatic heterocycles. The van der Waals surface area contributed by atoms with Gasteiger partial charge in [-0.3, -0.25) is 14.5 Å². The lowest BCUT2D eigenvalue weighted by atomic mass is 9.92. The number of nitrogens with zero attached hydrogens (tertiary/aromatic N) is 2. The molecule has 4 heteroatoms. The number of nitriles is 1. The van der Waals surface area contributed by atoms with Crippen LogP contribution in [-0.4, -0.2) is 23.3 Å². The molecule has 0 aromatic heterocycles. The van der Waals surface area contributed by atoms with Crippen molar-refractivity contribution in [1.82, 2.24) is 4.90 Å². The van der Waals surface area contributed by atoms with Gasteiger partial charge < -0.3 is 0 Å². The molecule has 0 aliphatic carbocycles. The van der Waals surface area contributed by atoms with E-state index in [4.69, 9.17) is 5.26 Å². The van der Waals surface area contributed by atoms with Crippen LogP contribution in [0.2, 0.25) is 0 Å². The molecule has 76 valence electrons. The predicted octanol–water partition coefficient (Wildman–Crippen LogP) is 0.931. The SMILES string of the molecule is CC(C#N)CN1C(=O)CC(C)(C)C1=O. The van der Waals surface area contributed by atoms with Crippen molar-refractivity contribution in [2.24, 2.45) is 11.3 Å². The third kappa shape index (κ3) is 1.77. The van der Waals surface area contributed by atoms with Gasteiger partial charge in [0.25, 0.3) is 0 Å². The average Bonchev–Trinajstić information content (AvgIpc) is 2.28. The van der Waals surface area contributed by atoms with Gasteiger partial charge in [-0.1, -0.05) is 13.8 Å². The summed E-state index contributed by atoms with van der Waals surface area (Å²) in [4.78, 5) is 24.3. The Bertz CT molecular complexity index is 315. The molecule has 0 radical (unpaired) electrons. The van der Waals surface area contributed by atoms with Crippen LogP contribution in [0.3, 0.4) is 0 Å². The zero-order valence-electron chi connectivity index (χ0n) is 8.70. The highest BCUT2D eigenvalue weighted by Gasteiger charge is 2.44. The molecule has 0 spiro atoms. The summed E-state index contributed by atoms with van der Waals surface area (Å²) in [7, 11) is 0. The first-order chi connectivity index (χ1) is 6.38. The lowest BCUT2D eigenvalue weighted by Crippen LogP contribution is -2.36. The minimum absolute atomic E-state index is 0.162. The smallest absolute Gasteiger partial charge is 0.235 e. The lowest BCUT2D eigenvalue weighted by molar-refractivity contribution is -0.141. The minimum atomic E-state index is -0.591. The summed E-state index contributed by atoms with van der Waals surface area (Å²) >= 11 is 0. The molecule has 1 saturated heterocycles. The normalized spacial score (nSPS) is 22.3. The van der Waals surface area contributed by atoms with E-state index >= 15 is 0 Å². The van der Waals surface area contributed by atoms with Crippen LogP contribution in [-0.2, 0) is 9.59 Å². The van der Waals surface area contributed by atoms with Gasteiger partial charge in [-0.25, -0.2) is 0 Å². The molecular weight excluding hydrogens is 180 g/mol. The summed E-state index contributed by atoms with van der Waals surface area (Å²) in [5, 5.41) is 8.60. The van der Waals surface area contributed by atoms with Crippen LogP contribution < -0.4 is 0 Å². The zero-order chi connectivity index (χ0) is 10.9. The summed E-state index contributed by atoms with van der Waals surface area (Å²) in [6, 6.07) is 2.01. The Morgan fingerprint density at radius 3 is 2.50 bits per heavy atom. The van der Waals surface area contributed by atoms with E-state index in [1.54, 1.807) is 20.8 Å². The van der Waals surface area contributed by atoms with Crippen LogP contribution in [0.15, 0.2) is 0 Å². The number of carbonyl (C=O) groups excluding carboxylic acids is 2. The van der Waals surface area contributed by atoms with Crippen molar-refractivity contribution in [2.45, 2.75) is 27.2 Å². The van der Waals surface area contributed by atoms with E-state index in [0.29, 0.717) is 0 Å². The Morgan fingerprint density at radius 2 is 2.14 bits per heavy atom. The van der Waals surface area contributed by atoms with Crippen LogP contribution in [0.4, 0.5) is 0 Å². The van der Waals surface area contributed by atoms with E-state index in [9.17, 15) is 9.59 Å². The van der Waals surface area contributed by atoms with Crippen LogP contribution in [0.1, 0.15) is 27.2 Å². The first-order valence-corrected chi connectivity index (χ1v) is 4.63. The van der Waals surface area contributed by atoms with Crippen molar-refractivity contribution in [3.63, 3.8) is 0 Å². The molecule has 4 nitrogen and oxygen atoms in total. The van der Waals surface area contributed by atoms with Gasteiger partial charge in [0.2, 0.25) is 11.8 Å². The highest BCUT2D eigenvalue weighted by Crippen LogP contribution is 2.31. The number of amides is 2. The first kappa shape index (κ1) is 10.7. The number of likely N-dealkylation sites (tertiary alicyclic amines) is 1. The van der Waals surface area contributed by atoms with Crippen LogP contribution in [0.25, 0.3) is 0 Å². The molecule has 14 heavy (non-hydrogen) atoms. The minimum Gasteiger partial charge on any atom is -0.281 e. The molecule has 0 aromatic rings. The van der Waals surface area contributed by atoms with Gasteiger partial charge in [0.15, 0.2) is 0 Å². The van der Waals surface area contributed by atoms with Gasteiger partial charge in [0.1, 0.15) is 0 Å². The summed E-state index contributed by atoms with van der Waals surface area (Å²) in [6.07, 6.45) is 0.254. The van der Waals surface area contributed by atoms with Gasteiger partial charge in [0, 0.05) is 13.0 Å². The molecule has 1 atom stereocenters. The molecule has 1 aliphatic rings. The van der Waals surface area contributed by atoms with E-state index in [0.717, 1.165) is 0 Å². The number of imide groups is 1. The second-order valence-corrected chi connectivity index (χ2v) is 4.40. The standard InChI is InChI=1S/C10H14N2O2/c1-7(5-11)6-12-8(13)4-10(2,3)9(12)14/h7H,4,6H2,1-3H3. The quantitative estimate of drug-likeness (QED) is 0.614. The van der Waals surface area contributed by atoms with Crippen molar-refractivity contribution in [1.29, 1.82) is 5.26 Å². The maximum Gasteiger partial charge on any atom is 0.235 e. The van der Waals surface area contributed by atoms with Crippen LogP contribution in [0.5, 0.6) is 0 Å². The topological polar surface area (TPSA) is 61.2 Å². The molecule has 0 saturated carbocycles. The van der Waals surface area contributed by atoms with Crippen LogP contribution in [0, 0.1) is 22.7 Å². The molecule has 1 fully saturated rings. The predicted molar refractivity (Wildman–Crippen MR) is 49.9 cm³/mol. The van der Waals surface area contributed by atoms with Gasteiger partial charge in [-0.2, -0.15) is 5.26 Å². The van der Waals surface area contributed by atoms with Crippen LogP contribution >= 0.6 is 0 Å². The number of carbonyl (C=O) groups is 2. The molecule has 1 rings (SSSR count). The maximum absolute atomic E-state index is 11.7. The van der Waals surface area contributed by atoms with Crippen molar-refractivity contribution in [3.8, 4) is 6.07 Å². The summed E-state index contributed by atoms with van der Waals surface area (Å²) in [5.41, 5.74) is -0.591. The fourth-order valence-corrected chi connectivity index (χ4v) is 1.53.